The van der Waals surface area contributed by atoms with Crippen LogP contribution in [0.3, 0.4) is 0 Å². The Morgan fingerprint density at radius 1 is 1.38 bits per heavy atom. The Morgan fingerprint density at radius 3 is 2.71 bits per heavy atom. The molecule has 2 heterocycles. The number of fused-ring (bicyclic) bond motifs is 1. The predicted molar refractivity (Wildman–Crippen MR) is 77.4 cm³/mol. The lowest BCUT2D eigenvalue weighted by Gasteiger charge is -2.26. The average Bonchev–Trinajstić information content (AvgIpc) is 2.81. The molecule has 0 saturated heterocycles. The number of H-pyrrole nitrogens is 1. The molecule has 0 aliphatic carbocycles. The SMILES string of the molecule is COc1cc2c(cc1F)CN(c1cn[nH]c(=O)c1C(F)(F)F)C2C. The van der Waals surface area contributed by atoms with Crippen LogP contribution >= 0.6 is 0 Å². The minimum absolute atomic E-state index is 0.0162. The second-order valence-corrected chi connectivity index (χ2v) is 5.45. The fraction of sp³-hybridized carbons (Fsp3) is 0.333. The highest BCUT2D eigenvalue weighted by Gasteiger charge is 2.41. The highest BCUT2D eigenvalue weighted by atomic mass is 19.4. The zero-order valence-corrected chi connectivity index (χ0v) is 12.7. The predicted octanol–water partition coefficient (Wildman–Crippen LogP) is 3.02. The van der Waals surface area contributed by atoms with E-state index in [-0.39, 0.29) is 18.0 Å². The molecule has 1 N–H and O–H groups in total. The molecular weight excluding hydrogens is 330 g/mol. The number of alkyl halides is 3. The van der Waals surface area contributed by atoms with Gasteiger partial charge >= 0.3 is 6.18 Å². The second kappa shape index (κ2) is 5.50. The number of anilines is 1. The third kappa shape index (κ3) is 2.49. The monoisotopic (exact) mass is 343 g/mol. The van der Waals surface area contributed by atoms with Crippen LogP contribution in [0.25, 0.3) is 0 Å². The molecule has 3 rings (SSSR count). The molecule has 1 aromatic heterocycles. The summed E-state index contributed by atoms with van der Waals surface area (Å²) in [7, 11) is 1.31. The van der Waals surface area contributed by atoms with E-state index in [9.17, 15) is 22.4 Å². The highest BCUT2D eigenvalue weighted by molar-refractivity contribution is 5.59. The number of hydrogen-bond acceptors (Lipinski definition) is 4. The first kappa shape index (κ1) is 16.3. The summed E-state index contributed by atoms with van der Waals surface area (Å²) in [6, 6.07) is 2.20. The molecule has 1 unspecified atom stereocenters. The summed E-state index contributed by atoms with van der Waals surface area (Å²) in [5.74, 6) is -0.576. The molecule has 0 spiro atoms. The van der Waals surface area contributed by atoms with E-state index in [1.165, 1.54) is 24.1 Å². The van der Waals surface area contributed by atoms with E-state index in [0.717, 1.165) is 6.20 Å². The van der Waals surface area contributed by atoms with Crippen LogP contribution in [0.4, 0.5) is 23.2 Å². The Labute approximate surface area is 133 Å². The number of nitrogens with zero attached hydrogens (tertiary/aromatic N) is 2. The largest absolute Gasteiger partial charge is 0.494 e. The van der Waals surface area contributed by atoms with E-state index in [1.54, 1.807) is 12.0 Å². The Bertz CT molecular complexity index is 848. The van der Waals surface area contributed by atoms with Gasteiger partial charge in [0, 0.05) is 6.54 Å². The van der Waals surface area contributed by atoms with Crippen LogP contribution in [0.1, 0.15) is 29.7 Å². The lowest BCUT2D eigenvalue weighted by molar-refractivity contribution is -0.138. The van der Waals surface area contributed by atoms with E-state index in [1.807, 2.05) is 0 Å². The van der Waals surface area contributed by atoms with E-state index < -0.39 is 29.2 Å². The third-order valence-corrected chi connectivity index (χ3v) is 4.10. The van der Waals surface area contributed by atoms with Gasteiger partial charge in [0.1, 0.15) is 5.56 Å². The van der Waals surface area contributed by atoms with Gasteiger partial charge in [-0.15, -0.1) is 0 Å². The van der Waals surface area contributed by atoms with E-state index in [2.05, 4.69) is 5.10 Å². The number of aromatic amines is 1. The molecular formula is C15H13F4N3O2. The smallest absolute Gasteiger partial charge is 0.423 e. The fourth-order valence-electron chi connectivity index (χ4n) is 2.96. The molecule has 1 aliphatic rings. The maximum atomic E-state index is 13.8. The molecule has 1 aliphatic heterocycles. The summed E-state index contributed by atoms with van der Waals surface area (Å²) < 4.78 is 58.5. The molecule has 0 radical (unpaired) electrons. The zero-order valence-electron chi connectivity index (χ0n) is 12.7. The molecule has 128 valence electrons. The number of hydrogen-bond donors (Lipinski definition) is 1. The lowest BCUT2D eigenvalue weighted by Crippen LogP contribution is -2.30. The van der Waals surface area contributed by atoms with Gasteiger partial charge in [-0.3, -0.25) is 4.79 Å². The van der Waals surface area contributed by atoms with Gasteiger partial charge < -0.3 is 9.64 Å². The fourth-order valence-corrected chi connectivity index (χ4v) is 2.96. The summed E-state index contributed by atoms with van der Waals surface area (Å²) in [4.78, 5) is 13.0. The Kier molecular flexibility index (Phi) is 3.73. The first-order valence-corrected chi connectivity index (χ1v) is 7.02. The molecule has 0 saturated carbocycles. The number of rotatable bonds is 2. The Balaban J connectivity index is 2.11. The van der Waals surface area contributed by atoms with Crippen molar-refractivity contribution in [3.63, 3.8) is 0 Å². The van der Waals surface area contributed by atoms with Crippen LogP contribution < -0.4 is 15.2 Å². The standard InChI is InChI=1S/C15H13F4N3O2/c1-7-9-4-12(24-2)10(16)3-8(9)6-22(7)11-5-20-21-14(23)13(11)15(17,18)19/h3-5,7H,6H2,1-2H3,(H,21,23). The maximum Gasteiger partial charge on any atom is 0.423 e. The van der Waals surface area contributed by atoms with Crippen LogP contribution in [0.5, 0.6) is 5.75 Å². The van der Waals surface area contributed by atoms with Crippen molar-refractivity contribution >= 4 is 5.69 Å². The summed E-state index contributed by atoms with van der Waals surface area (Å²) in [6.45, 7) is 1.70. The van der Waals surface area contributed by atoms with Crippen molar-refractivity contribution < 1.29 is 22.3 Å². The van der Waals surface area contributed by atoms with Crippen LogP contribution in [0.15, 0.2) is 23.1 Å². The minimum atomic E-state index is -4.83. The molecule has 0 amide bonds. The number of benzene rings is 1. The van der Waals surface area contributed by atoms with Crippen molar-refractivity contribution in [2.24, 2.45) is 0 Å². The highest BCUT2D eigenvalue weighted by Crippen LogP contribution is 2.43. The summed E-state index contributed by atoms with van der Waals surface area (Å²) >= 11 is 0. The quantitative estimate of drug-likeness (QED) is 0.852. The van der Waals surface area contributed by atoms with Crippen LogP contribution in [-0.2, 0) is 12.7 Å². The molecule has 1 aromatic carbocycles. The van der Waals surface area contributed by atoms with Gasteiger partial charge in [0.25, 0.3) is 5.56 Å². The van der Waals surface area contributed by atoms with Crippen LogP contribution in [-0.4, -0.2) is 17.3 Å². The lowest BCUT2D eigenvalue weighted by atomic mass is 10.1. The molecule has 0 fully saturated rings. The Hall–Kier alpha value is -2.58. The normalized spacial score (nSPS) is 17.1. The Morgan fingerprint density at radius 2 is 2.08 bits per heavy atom. The maximum absolute atomic E-state index is 13.8. The topological polar surface area (TPSA) is 58.2 Å². The third-order valence-electron chi connectivity index (χ3n) is 4.10. The van der Waals surface area contributed by atoms with E-state index >= 15 is 0 Å². The van der Waals surface area contributed by atoms with Gasteiger partial charge in [-0.05, 0) is 30.2 Å². The zero-order chi connectivity index (χ0) is 17.6. The number of nitrogens with one attached hydrogen (secondary N) is 1. The summed E-state index contributed by atoms with van der Waals surface area (Å²) in [5.41, 5.74) is -1.79. The molecule has 5 nitrogen and oxygen atoms in total. The summed E-state index contributed by atoms with van der Waals surface area (Å²) in [6.07, 6.45) is -3.87. The van der Waals surface area contributed by atoms with Crippen molar-refractivity contribution in [1.29, 1.82) is 0 Å². The molecule has 0 bridgehead atoms. The van der Waals surface area contributed by atoms with Gasteiger partial charge in [-0.1, -0.05) is 0 Å². The van der Waals surface area contributed by atoms with E-state index in [0.29, 0.717) is 11.1 Å². The van der Waals surface area contributed by atoms with Gasteiger partial charge in [0.15, 0.2) is 11.6 Å². The van der Waals surface area contributed by atoms with Crippen molar-refractivity contribution in [1.82, 2.24) is 10.2 Å². The van der Waals surface area contributed by atoms with Gasteiger partial charge in [-0.25, -0.2) is 9.49 Å². The molecule has 2 aromatic rings. The van der Waals surface area contributed by atoms with Gasteiger partial charge in [0.2, 0.25) is 0 Å². The van der Waals surface area contributed by atoms with Crippen LogP contribution in [0.2, 0.25) is 0 Å². The van der Waals surface area contributed by atoms with Crippen molar-refractivity contribution in [2.45, 2.75) is 25.7 Å². The number of ether oxygens (including phenoxy) is 1. The minimum Gasteiger partial charge on any atom is -0.494 e. The van der Waals surface area contributed by atoms with E-state index in [4.69, 9.17) is 4.74 Å². The van der Waals surface area contributed by atoms with Crippen molar-refractivity contribution in [3.8, 4) is 5.75 Å². The molecule has 1 atom stereocenters. The molecule has 24 heavy (non-hydrogen) atoms. The van der Waals surface area contributed by atoms with Gasteiger partial charge in [0.05, 0.1) is 25.0 Å². The van der Waals surface area contributed by atoms with Crippen molar-refractivity contribution in [3.05, 3.63) is 51.2 Å². The van der Waals surface area contributed by atoms with Crippen LogP contribution in [0, 0.1) is 5.82 Å². The second-order valence-electron chi connectivity index (χ2n) is 5.45. The number of halogens is 4. The molecule has 9 heteroatoms. The van der Waals surface area contributed by atoms with Gasteiger partial charge in [-0.2, -0.15) is 18.3 Å². The first-order chi connectivity index (χ1) is 11.2. The first-order valence-electron chi connectivity index (χ1n) is 7.02. The number of methoxy groups -OCH3 is 1. The van der Waals surface area contributed by atoms with Crippen molar-refractivity contribution in [2.75, 3.05) is 12.0 Å². The summed E-state index contributed by atoms with van der Waals surface area (Å²) in [5, 5.41) is 5.27. The average molecular weight is 343 g/mol. The number of aromatic nitrogens is 2.